The van der Waals surface area contributed by atoms with Gasteiger partial charge in [-0.25, -0.2) is 0 Å². The quantitative estimate of drug-likeness (QED) is 0.556. The van der Waals surface area contributed by atoms with Crippen molar-refractivity contribution in [3.8, 4) is 0 Å². The van der Waals surface area contributed by atoms with Gasteiger partial charge in [-0.15, -0.1) is 0 Å². The van der Waals surface area contributed by atoms with Gasteiger partial charge < -0.3 is 10.1 Å². The highest BCUT2D eigenvalue weighted by Crippen LogP contribution is 2.37. The van der Waals surface area contributed by atoms with Crippen molar-refractivity contribution < 1.29 is 5.11 Å². The van der Waals surface area contributed by atoms with Gasteiger partial charge in [0.1, 0.15) is 0 Å². The van der Waals surface area contributed by atoms with E-state index in [1.54, 1.807) is 0 Å². The molecule has 2 aromatic rings. The number of rotatable bonds is 5. The van der Waals surface area contributed by atoms with E-state index < -0.39 is 0 Å². The van der Waals surface area contributed by atoms with E-state index in [4.69, 9.17) is 5.11 Å². The van der Waals surface area contributed by atoms with Crippen molar-refractivity contribution in [2.75, 3.05) is 19.7 Å². The number of aliphatic hydroxyl groups is 1. The van der Waals surface area contributed by atoms with Crippen LogP contribution in [0.25, 0.3) is 10.9 Å². The van der Waals surface area contributed by atoms with Gasteiger partial charge in [0.15, 0.2) is 0 Å². The number of aromatic nitrogens is 1. The minimum absolute atomic E-state index is 0.110. The zero-order valence-electron chi connectivity index (χ0n) is 13.4. The number of nitrogens with zero attached hydrogens (tertiary/aromatic N) is 1. The number of nitrogens with one attached hydrogen (secondary N) is 1. The zero-order chi connectivity index (χ0) is 16.2. The van der Waals surface area contributed by atoms with Crippen molar-refractivity contribution in [2.24, 2.45) is 0 Å². The lowest BCUT2D eigenvalue weighted by atomic mass is 9.95. The predicted molar refractivity (Wildman–Crippen MR) is 105 cm³/mol. The Morgan fingerprint density at radius 2 is 2.22 bits per heavy atom. The summed E-state index contributed by atoms with van der Waals surface area (Å²) >= 11 is 2.43. The summed E-state index contributed by atoms with van der Waals surface area (Å²) in [6.07, 6.45) is 8.14. The number of benzene rings is 1. The minimum atomic E-state index is 0.110. The number of aromatic amines is 1. The van der Waals surface area contributed by atoms with E-state index in [0.717, 1.165) is 25.9 Å². The normalized spacial score (nSPS) is 19.6. The number of halogens is 1. The molecule has 0 saturated carbocycles. The molecule has 2 N–H and O–H groups in total. The highest BCUT2D eigenvalue weighted by atomic mass is 127. The maximum Gasteiger partial charge on any atom is 0.0612 e. The summed E-state index contributed by atoms with van der Waals surface area (Å²) in [6.45, 7) is 4.27. The van der Waals surface area contributed by atoms with Crippen LogP contribution >= 0.6 is 22.6 Å². The topological polar surface area (TPSA) is 39.3 Å². The summed E-state index contributed by atoms with van der Waals surface area (Å²) in [5.74, 6) is 0. The van der Waals surface area contributed by atoms with E-state index in [2.05, 4.69) is 75.8 Å². The number of H-pyrrole nitrogens is 1. The Hall–Kier alpha value is -1.11. The minimum Gasteiger partial charge on any atom is -0.392 e. The van der Waals surface area contributed by atoms with Crippen LogP contribution in [-0.4, -0.2) is 34.7 Å². The van der Waals surface area contributed by atoms with Gasteiger partial charge in [-0.05, 0) is 54.0 Å². The average Bonchev–Trinajstić information content (AvgIpc) is 2.95. The Morgan fingerprint density at radius 3 is 3.00 bits per heavy atom. The molecule has 0 saturated heterocycles. The number of allylic oxidation sites excluding steroid dienone is 1. The van der Waals surface area contributed by atoms with E-state index in [1.165, 1.54) is 25.7 Å². The van der Waals surface area contributed by atoms with Crippen LogP contribution in [0.3, 0.4) is 0 Å². The van der Waals surface area contributed by atoms with Crippen LogP contribution in [-0.2, 0) is 6.42 Å². The largest absolute Gasteiger partial charge is 0.392 e. The van der Waals surface area contributed by atoms with Crippen molar-refractivity contribution in [1.82, 2.24) is 9.88 Å². The van der Waals surface area contributed by atoms with E-state index in [-0.39, 0.29) is 6.61 Å². The molecular formula is C19H23IN2O. The molecule has 1 aromatic heterocycles. The molecule has 0 spiro atoms. The molecule has 1 aromatic carbocycles. The lowest BCUT2D eigenvalue weighted by Crippen LogP contribution is -2.36. The third kappa shape index (κ3) is 3.54. The van der Waals surface area contributed by atoms with Gasteiger partial charge in [-0.2, -0.15) is 0 Å². The Bertz CT molecular complexity index is 732. The number of fused-ring (bicyclic) bond motifs is 3. The molecule has 2 heterocycles. The summed E-state index contributed by atoms with van der Waals surface area (Å²) in [7, 11) is 0. The van der Waals surface area contributed by atoms with Crippen LogP contribution in [0.2, 0.25) is 0 Å². The molecule has 0 radical (unpaired) electrons. The van der Waals surface area contributed by atoms with Gasteiger partial charge >= 0.3 is 0 Å². The van der Waals surface area contributed by atoms with Gasteiger partial charge in [0, 0.05) is 33.3 Å². The molecule has 3 nitrogen and oxygen atoms in total. The monoisotopic (exact) mass is 422 g/mol. The first-order chi connectivity index (χ1) is 11.2. The number of aliphatic hydroxyl groups excluding tert-OH is 1. The SMILES string of the molecule is C/C=C(\I)CN1CCc2c([nH]c3ccccc23)C1C/C=C/CO. The highest BCUT2D eigenvalue weighted by Gasteiger charge is 2.29. The molecule has 0 amide bonds. The van der Waals surface area contributed by atoms with Crippen LogP contribution in [0.15, 0.2) is 46.1 Å². The van der Waals surface area contributed by atoms with E-state index in [0.29, 0.717) is 6.04 Å². The summed E-state index contributed by atoms with van der Waals surface area (Å²) in [6, 6.07) is 8.93. The third-order valence-electron chi connectivity index (χ3n) is 4.57. The van der Waals surface area contributed by atoms with Crippen molar-refractivity contribution >= 4 is 33.5 Å². The smallest absolute Gasteiger partial charge is 0.0612 e. The molecule has 0 fully saturated rings. The summed E-state index contributed by atoms with van der Waals surface area (Å²) < 4.78 is 1.37. The number of hydrogen-bond acceptors (Lipinski definition) is 2. The molecule has 4 heteroatoms. The van der Waals surface area contributed by atoms with Crippen molar-refractivity contribution in [2.45, 2.75) is 25.8 Å². The lowest BCUT2D eigenvalue weighted by molar-refractivity contribution is 0.203. The fourth-order valence-electron chi connectivity index (χ4n) is 3.41. The fourth-order valence-corrected chi connectivity index (χ4v) is 3.85. The Morgan fingerprint density at radius 1 is 1.39 bits per heavy atom. The van der Waals surface area contributed by atoms with Crippen LogP contribution in [0.1, 0.15) is 30.6 Å². The first-order valence-corrected chi connectivity index (χ1v) is 9.22. The maximum absolute atomic E-state index is 9.04. The Kier molecular flexibility index (Phi) is 5.56. The van der Waals surface area contributed by atoms with Gasteiger partial charge in [0.25, 0.3) is 0 Å². The van der Waals surface area contributed by atoms with Crippen LogP contribution in [0, 0.1) is 0 Å². The van der Waals surface area contributed by atoms with Gasteiger partial charge in [0.2, 0.25) is 0 Å². The highest BCUT2D eigenvalue weighted by molar-refractivity contribution is 14.1. The first-order valence-electron chi connectivity index (χ1n) is 8.14. The second kappa shape index (κ2) is 7.64. The molecule has 1 atom stereocenters. The molecule has 23 heavy (non-hydrogen) atoms. The van der Waals surface area contributed by atoms with Crippen molar-refractivity contribution in [3.63, 3.8) is 0 Å². The number of hydrogen-bond donors (Lipinski definition) is 2. The fraction of sp³-hybridized carbons (Fsp3) is 0.368. The number of para-hydroxylation sites is 1. The van der Waals surface area contributed by atoms with Crippen LogP contribution in [0.4, 0.5) is 0 Å². The van der Waals surface area contributed by atoms with Crippen LogP contribution in [0.5, 0.6) is 0 Å². The predicted octanol–water partition coefficient (Wildman–Crippen LogP) is 4.34. The molecular weight excluding hydrogens is 399 g/mol. The Labute approximate surface area is 151 Å². The maximum atomic E-state index is 9.04. The molecule has 0 aliphatic carbocycles. The van der Waals surface area contributed by atoms with Gasteiger partial charge in [-0.1, -0.05) is 36.4 Å². The summed E-state index contributed by atoms with van der Waals surface area (Å²) in [4.78, 5) is 6.20. The van der Waals surface area contributed by atoms with E-state index in [1.807, 2.05) is 6.08 Å². The molecule has 3 rings (SSSR count). The second-order valence-corrected chi connectivity index (χ2v) is 7.31. The molecule has 1 aliphatic heterocycles. The average molecular weight is 422 g/mol. The molecule has 1 aliphatic rings. The summed E-state index contributed by atoms with van der Waals surface area (Å²) in [5.41, 5.74) is 4.05. The van der Waals surface area contributed by atoms with Gasteiger partial charge in [0.05, 0.1) is 12.6 Å². The lowest BCUT2D eigenvalue weighted by Gasteiger charge is -2.35. The van der Waals surface area contributed by atoms with Crippen molar-refractivity contribution in [3.05, 3.63) is 57.3 Å². The Balaban J connectivity index is 1.98. The second-order valence-electron chi connectivity index (χ2n) is 5.92. The first kappa shape index (κ1) is 16.7. The van der Waals surface area contributed by atoms with E-state index >= 15 is 0 Å². The molecule has 0 bridgehead atoms. The summed E-state index contributed by atoms with van der Waals surface area (Å²) in [5, 5.41) is 10.4. The molecule has 122 valence electrons. The van der Waals surface area contributed by atoms with Crippen molar-refractivity contribution in [1.29, 1.82) is 0 Å². The standard InChI is InChI=1S/C19H23IN2O/c1-2-14(20)13-22-11-10-16-15-7-3-4-8-17(15)21-19(16)18(22)9-5-6-12-23/h2-8,18,21,23H,9-13H2,1H3/b6-5+,14-2-. The third-order valence-corrected chi connectivity index (χ3v) is 5.53. The van der Waals surface area contributed by atoms with E-state index in [9.17, 15) is 0 Å². The van der Waals surface area contributed by atoms with Gasteiger partial charge in [-0.3, -0.25) is 4.90 Å². The zero-order valence-corrected chi connectivity index (χ0v) is 15.6. The molecule has 1 unspecified atom stereocenters. The van der Waals surface area contributed by atoms with Crippen LogP contribution < -0.4 is 0 Å².